The fourth-order valence-corrected chi connectivity index (χ4v) is 4.15. The van der Waals surface area contributed by atoms with Crippen molar-refractivity contribution in [1.29, 1.82) is 0 Å². The Hall–Kier alpha value is -3.53. The van der Waals surface area contributed by atoms with E-state index in [2.05, 4.69) is 34.6 Å². The predicted molar refractivity (Wildman–Crippen MR) is 133 cm³/mol. The minimum absolute atomic E-state index is 0.151. The molecule has 1 aliphatic rings. The second-order valence-electron chi connectivity index (χ2n) is 9.58. The second kappa shape index (κ2) is 11.9. The van der Waals surface area contributed by atoms with Crippen LogP contribution in [0.4, 0.5) is 0 Å². The molecule has 10 nitrogen and oxygen atoms in total. The van der Waals surface area contributed by atoms with E-state index in [0.717, 1.165) is 30.4 Å². The van der Waals surface area contributed by atoms with Crippen molar-refractivity contribution < 1.29 is 18.7 Å². The van der Waals surface area contributed by atoms with Crippen LogP contribution >= 0.6 is 0 Å². The largest absolute Gasteiger partial charge is 0.467 e. The number of rotatable bonds is 11. The van der Waals surface area contributed by atoms with Gasteiger partial charge in [0.05, 0.1) is 12.4 Å². The van der Waals surface area contributed by atoms with Crippen molar-refractivity contribution >= 4 is 11.8 Å². The maximum absolute atomic E-state index is 13.6. The average molecular weight is 495 g/mol. The Kier molecular flexibility index (Phi) is 8.48. The molecule has 2 atom stereocenters. The van der Waals surface area contributed by atoms with E-state index < -0.39 is 6.04 Å². The van der Waals surface area contributed by atoms with Crippen LogP contribution in [0.3, 0.4) is 0 Å². The van der Waals surface area contributed by atoms with Gasteiger partial charge in [0, 0.05) is 25.3 Å². The average Bonchev–Trinajstić information content (AvgIpc) is 3.63. The summed E-state index contributed by atoms with van der Waals surface area (Å²) < 4.78 is 11.4. The zero-order valence-corrected chi connectivity index (χ0v) is 21.1. The Balaban J connectivity index is 1.55. The summed E-state index contributed by atoms with van der Waals surface area (Å²) in [5.74, 6) is 0.665. The minimum Gasteiger partial charge on any atom is -0.467 e. The van der Waals surface area contributed by atoms with Crippen LogP contribution in [0, 0.1) is 12.8 Å². The number of hydrogen-bond donors (Lipinski definition) is 1. The highest BCUT2D eigenvalue weighted by atomic mass is 16.5. The summed E-state index contributed by atoms with van der Waals surface area (Å²) in [6.45, 7) is 7.45. The van der Waals surface area contributed by atoms with Crippen molar-refractivity contribution in [1.82, 2.24) is 30.4 Å². The normalized spacial score (nSPS) is 16.3. The highest BCUT2D eigenvalue weighted by Crippen LogP contribution is 2.25. The molecule has 0 spiro atoms. The number of carbonyl (C=O) groups excluding carboxylic acids is 2. The molecule has 1 aromatic carbocycles. The fraction of sp³-hybridized carbons (Fsp3) is 0.500. The summed E-state index contributed by atoms with van der Waals surface area (Å²) in [5, 5.41) is 15.5. The molecule has 3 aromatic rings. The van der Waals surface area contributed by atoms with E-state index in [0.29, 0.717) is 30.7 Å². The van der Waals surface area contributed by atoms with Gasteiger partial charge >= 0.3 is 0 Å². The summed E-state index contributed by atoms with van der Waals surface area (Å²) in [5.41, 5.74) is 1.94. The van der Waals surface area contributed by atoms with Gasteiger partial charge in [-0.1, -0.05) is 43.7 Å². The fourth-order valence-electron chi connectivity index (χ4n) is 4.15. The topological polar surface area (TPSA) is 115 Å². The number of amides is 2. The molecule has 0 bridgehead atoms. The number of furan rings is 1. The van der Waals surface area contributed by atoms with E-state index in [9.17, 15) is 9.59 Å². The molecule has 1 N–H and O–H groups in total. The highest BCUT2D eigenvalue weighted by Gasteiger charge is 2.36. The molecule has 36 heavy (non-hydrogen) atoms. The molecular weight excluding hydrogens is 460 g/mol. The number of hydrogen-bond acceptors (Lipinski definition) is 7. The third-order valence-corrected chi connectivity index (χ3v) is 6.18. The van der Waals surface area contributed by atoms with Crippen molar-refractivity contribution in [3.05, 3.63) is 54.0 Å². The van der Waals surface area contributed by atoms with Crippen LogP contribution in [0.5, 0.6) is 0 Å². The van der Waals surface area contributed by atoms with Crippen LogP contribution in [-0.4, -0.2) is 62.7 Å². The number of tetrazole rings is 1. The second-order valence-corrected chi connectivity index (χ2v) is 9.58. The number of benzene rings is 1. The van der Waals surface area contributed by atoms with E-state index in [1.807, 2.05) is 31.2 Å². The zero-order chi connectivity index (χ0) is 25.5. The Morgan fingerprint density at radius 3 is 2.69 bits per heavy atom. The molecule has 2 unspecified atom stereocenters. The monoisotopic (exact) mass is 494 g/mol. The SMILES string of the molecule is Cc1ccc(-c2nnn(CC(=O)N(CC3CCCO3)C(C(=O)NCCC(C)C)c3ccco3)n2)cc1. The van der Waals surface area contributed by atoms with Crippen LogP contribution in [-0.2, 0) is 20.9 Å². The number of nitrogens with zero attached hydrogens (tertiary/aromatic N) is 5. The van der Waals surface area contributed by atoms with Crippen LogP contribution < -0.4 is 5.32 Å². The molecule has 3 heterocycles. The number of nitrogens with one attached hydrogen (secondary N) is 1. The van der Waals surface area contributed by atoms with Crippen molar-refractivity contribution in [3.63, 3.8) is 0 Å². The van der Waals surface area contributed by atoms with E-state index in [1.54, 1.807) is 12.1 Å². The van der Waals surface area contributed by atoms with E-state index in [1.165, 1.54) is 16.0 Å². The summed E-state index contributed by atoms with van der Waals surface area (Å²) in [6, 6.07) is 10.3. The maximum Gasteiger partial charge on any atom is 0.250 e. The van der Waals surface area contributed by atoms with Gasteiger partial charge in [-0.05, 0) is 49.5 Å². The van der Waals surface area contributed by atoms with Gasteiger partial charge in [0.15, 0.2) is 6.04 Å². The van der Waals surface area contributed by atoms with E-state index in [4.69, 9.17) is 9.15 Å². The van der Waals surface area contributed by atoms with Crippen LogP contribution in [0.15, 0.2) is 47.1 Å². The third kappa shape index (κ3) is 6.57. The number of aryl methyl sites for hydroxylation is 1. The molecule has 1 fully saturated rings. The van der Waals surface area contributed by atoms with Gasteiger partial charge in [0.2, 0.25) is 11.7 Å². The van der Waals surface area contributed by atoms with E-state index in [-0.39, 0.29) is 31.0 Å². The molecule has 4 rings (SSSR count). The lowest BCUT2D eigenvalue weighted by atomic mass is 10.1. The molecule has 192 valence electrons. The Morgan fingerprint density at radius 2 is 2.03 bits per heavy atom. The first-order chi connectivity index (χ1) is 17.4. The summed E-state index contributed by atoms with van der Waals surface area (Å²) in [4.78, 5) is 29.8. The lowest BCUT2D eigenvalue weighted by Crippen LogP contribution is -2.48. The maximum atomic E-state index is 13.6. The number of ether oxygens (including phenoxy) is 1. The van der Waals surface area contributed by atoms with Crippen LogP contribution in [0.2, 0.25) is 0 Å². The van der Waals surface area contributed by atoms with Crippen molar-refractivity contribution in [2.45, 2.75) is 58.7 Å². The lowest BCUT2D eigenvalue weighted by Gasteiger charge is -2.31. The van der Waals surface area contributed by atoms with E-state index >= 15 is 0 Å². The van der Waals surface area contributed by atoms with Gasteiger partial charge < -0.3 is 19.4 Å². The first kappa shape index (κ1) is 25.6. The Labute approximate surface area is 211 Å². The Morgan fingerprint density at radius 1 is 1.22 bits per heavy atom. The molecule has 0 aliphatic carbocycles. The van der Waals surface area contributed by atoms with Crippen LogP contribution in [0.25, 0.3) is 11.4 Å². The number of carbonyl (C=O) groups is 2. The first-order valence-electron chi connectivity index (χ1n) is 12.5. The minimum atomic E-state index is -0.927. The molecule has 1 aliphatic heterocycles. The van der Waals surface area contributed by atoms with Crippen molar-refractivity contribution in [2.75, 3.05) is 19.7 Å². The molecule has 0 saturated carbocycles. The molecule has 10 heteroatoms. The van der Waals surface area contributed by atoms with Crippen LogP contribution in [0.1, 0.15) is 50.5 Å². The lowest BCUT2D eigenvalue weighted by molar-refractivity contribution is -0.144. The van der Waals surface area contributed by atoms with Gasteiger partial charge in [-0.25, -0.2) is 0 Å². The zero-order valence-electron chi connectivity index (χ0n) is 21.1. The van der Waals surface area contributed by atoms with Crippen molar-refractivity contribution in [2.24, 2.45) is 5.92 Å². The van der Waals surface area contributed by atoms with Gasteiger partial charge in [-0.3, -0.25) is 9.59 Å². The smallest absolute Gasteiger partial charge is 0.250 e. The molecular formula is C26H34N6O4. The summed E-state index contributed by atoms with van der Waals surface area (Å²) >= 11 is 0. The van der Waals surface area contributed by atoms with Crippen molar-refractivity contribution in [3.8, 4) is 11.4 Å². The molecule has 2 amide bonds. The summed E-state index contributed by atoms with van der Waals surface area (Å²) in [6.07, 6.45) is 3.93. The Bertz CT molecular complexity index is 1120. The first-order valence-corrected chi connectivity index (χ1v) is 12.5. The van der Waals surface area contributed by atoms with Gasteiger partial charge in [-0.15, -0.1) is 10.2 Å². The quantitative estimate of drug-likeness (QED) is 0.435. The molecule has 2 aromatic heterocycles. The predicted octanol–water partition coefficient (Wildman–Crippen LogP) is 3.15. The standard InChI is InChI=1S/C26H34N6O4/c1-18(2)12-13-27-26(34)24(22-7-5-15-36-22)31(16-21-6-4-14-35-21)23(33)17-32-29-25(28-30-32)20-10-8-19(3)9-11-20/h5,7-11,15,18,21,24H,4,6,12-14,16-17H2,1-3H3,(H,27,34). The number of aromatic nitrogens is 4. The molecule has 0 radical (unpaired) electrons. The highest BCUT2D eigenvalue weighted by molar-refractivity contribution is 5.88. The van der Waals surface area contributed by atoms with Gasteiger partial charge in [0.1, 0.15) is 12.3 Å². The van der Waals surface area contributed by atoms with Gasteiger partial charge in [0.25, 0.3) is 5.91 Å². The molecule has 1 saturated heterocycles. The summed E-state index contributed by atoms with van der Waals surface area (Å²) in [7, 11) is 0. The van der Waals surface area contributed by atoms with Gasteiger partial charge in [-0.2, -0.15) is 4.80 Å². The third-order valence-electron chi connectivity index (χ3n) is 6.18.